The Morgan fingerprint density at radius 2 is 1.78 bits per heavy atom. The van der Waals surface area contributed by atoms with Crippen LogP contribution >= 0.6 is 11.9 Å². The van der Waals surface area contributed by atoms with E-state index in [0.717, 1.165) is 32.7 Å². The number of aryl methyl sites for hydroxylation is 1. The van der Waals surface area contributed by atoms with E-state index in [2.05, 4.69) is 38.0 Å². The molecule has 0 aliphatic rings. The van der Waals surface area contributed by atoms with E-state index < -0.39 is 0 Å². The molecule has 2 heterocycles. The minimum atomic E-state index is 0.437. The highest BCUT2D eigenvalue weighted by Gasteiger charge is 2.17. The van der Waals surface area contributed by atoms with E-state index in [0.29, 0.717) is 43.1 Å². The first-order chi connectivity index (χ1) is 19.9. The predicted octanol–water partition coefficient (Wildman–Crippen LogP) is 4.79. The fraction of sp³-hybridized carbons (Fsp3) is 0.310. The molecule has 41 heavy (non-hydrogen) atoms. The van der Waals surface area contributed by atoms with Gasteiger partial charge in [0.25, 0.3) is 0 Å². The Morgan fingerprint density at radius 3 is 2.39 bits per heavy atom. The molecule has 0 saturated carbocycles. The lowest BCUT2D eigenvalue weighted by Gasteiger charge is -2.10. The van der Waals surface area contributed by atoms with E-state index >= 15 is 0 Å². The minimum absolute atomic E-state index is 0.437. The van der Waals surface area contributed by atoms with Gasteiger partial charge in [-0.2, -0.15) is 5.10 Å². The number of nitrogens with one attached hydrogen (secondary N) is 3. The number of hydrogen-bond acceptors (Lipinski definition) is 9. The van der Waals surface area contributed by atoms with E-state index in [9.17, 15) is 4.79 Å². The van der Waals surface area contributed by atoms with E-state index in [4.69, 9.17) is 18.8 Å². The van der Waals surface area contributed by atoms with E-state index in [1.807, 2.05) is 57.3 Å². The first-order valence-electron chi connectivity index (χ1n) is 12.6. The Bertz CT molecular complexity index is 1400. The minimum Gasteiger partial charge on any atom is -0.496 e. The van der Waals surface area contributed by atoms with Crippen LogP contribution < -0.4 is 24.8 Å². The molecule has 0 atom stereocenters. The zero-order chi connectivity index (χ0) is 30.6. The van der Waals surface area contributed by atoms with Crippen molar-refractivity contribution in [1.29, 1.82) is 0 Å². The van der Waals surface area contributed by atoms with Gasteiger partial charge in [-0.15, -0.1) is 12.3 Å². The fourth-order valence-corrected chi connectivity index (χ4v) is 4.15. The molecule has 0 unspecified atom stereocenters. The average molecular weight is 583 g/mol. The summed E-state index contributed by atoms with van der Waals surface area (Å²) in [4.78, 5) is 20.5. The van der Waals surface area contributed by atoms with Crippen molar-refractivity contribution in [1.82, 2.24) is 25.6 Å². The molecule has 4 rings (SSSR count). The number of hydrogen-bond donors (Lipinski definition) is 3. The number of amides is 2. The van der Waals surface area contributed by atoms with Gasteiger partial charge in [-0.25, -0.2) is 0 Å². The lowest BCUT2D eigenvalue weighted by Crippen LogP contribution is -2.09. The van der Waals surface area contributed by atoms with Crippen molar-refractivity contribution in [3.63, 3.8) is 0 Å². The SMILES string of the molecule is C#CC.CC.CNC=O.COc1ccc(C)cc1SNc1noc2cc(Cn3cc(CNC=O)cn3)cc(OC)c12. The summed E-state index contributed by atoms with van der Waals surface area (Å²) in [6.07, 6.45) is 9.49. The fourth-order valence-electron chi connectivity index (χ4n) is 3.31. The third kappa shape index (κ3) is 10.8. The maximum Gasteiger partial charge on any atom is 0.207 e. The Hall–Kier alpha value is -4.63. The first kappa shape index (κ1) is 34.4. The number of carbonyl (C=O) groups is 2. The van der Waals surface area contributed by atoms with Crippen LogP contribution in [-0.4, -0.2) is 49.0 Å². The van der Waals surface area contributed by atoms with Gasteiger partial charge >= 0.3 is 0 Å². The maximum atomic E-state index is 10.5. The van der Waals surface area contributed by atoms with Crippen LogP contribution in [0.1, 0.15) is 37.5 Å². The van der Waals surface area contributed by atoms with Crippen LogP contribution in [0.2, 0.25) is 0 Å². The van der Waals surface area contributed by atoms with Crippen LogP contribution in [0, 0.1) is 19.3 Å². The summed E-state index contributed by atoms with van der Waals surface area (Å²) in [6.45, 7) is 8.64. The molecule has 2 aromatic heterocycles. The summed E-state index contributed by atoms with van der Waals surface area (Å²) in [6, 6.07) is 9.83. The van der Waals surface area contributed by atoms with Gasteiger partial charge in [0.05, 0.1) is 31.9 Å². The molecule has 0 saturated heterocycles. The van der Waals surface area contributed by atoms with Crippen molar-refractivity contribution in [3.05, 3.63) is 59.4 Å². The van der Waals surface area contributed by atoms with E-state index in [1.165, 1.54) is 11.9 Å². The van der Waals surface area contributed by atoms with Crippen molar-refractivity contribution in [2.45, 2.75) is 45.7 Å². The van der Waals surface area contributed by atoms with Crippen LogP contribution in [0.4, 0.5) is 5.82 Å². The first-order valence-corrected chi connectivity index (χ1v) is 13.5. The molecule has 2 amide bonds. The molecule has 3 N–H and O–H groups in total. The number of ether oxygens (including phenoxy) is 2. The number of anilines is 1. The van der Waals surface area contributed by atoms with E-state index in [1.54, 1.807) is 39.1 Å². The van der Waals surface area contributed by atoms with E-state index in [-0.39, 0.29) is 0 Å². The molecular formula is C29H38N6O5S. The lowest BCUT2D eigenvalue weighted by molar-refractivity contribution is -0.110. The molecule has 12 heteroatoms. The number of aromatic nitrogens is 3. The summed E-state index contributed by atoms with van der Waals surface area (Å²) in [5, 5.41) is 14.2. The Labute approximate surface area is 245 Å². The van der Waals surface area contributed by atoms with Crippen molar-refractivity contribution >= 4 is 41.6 Å². The summed E-state index contributed by atoms with van der Waals surface area (Å²) in [5.74, 6) is 4.24. The summed E-state index contributed by atoms with van der Waals surface area (Å²) < 4.78 is 21.7. The van der Waals surface area contributed by atoms with Crippen molar-refractivity contribution in [2.75, 3.05) is 26.0 Å². The van der Waals surface area contributed by atoms with Gasteiger partial charge in [-0.05, 0) is 61.2 Å². The number of carbonyl (C=O) groups excluding carboxylic acids is 2. The van der Waals surface area contributed by atoms with Gasteiger partial charge < -0.3 is 29.4 Å². The maximum absolute atomic E-state index is 10.5. The van der Waals surface area contributed by atoms with Crippen LogP contribution in [0.3, 0.4) is 0 Å². The second kappa shape index (κ2) is 19.4. The van der Waals surface area contributed by atoms with Crippen LogP contribution in [0.15, 0.2) is 52.1 Å². The molecule has 0 fully saturated rings. The van der Waals surface area contributed by atoms with Crippen molar-refractivity contribution in [2.24, 2.45) is 0 Å². The molecule has 0 bridgehead atoms. The topological polar surface area (TPSA) is 133 Å². The number of nitrogens with zero attached hydrogens (tertiary/aromatic N) is 3. The quantitative estimate of drug-likeness (QED) is 0.130. The van der Waals surface area contributed by atoms with Gasteiger partial charge in [-0.3, -0.25) is 14.3 Å². The molecular weight excluding hydrogens is 544 g/mol. The van der Waals surface area contributed by atoms with Crippen LogP contribution in [0.25, 0.3) is 11.0 Å². The summed E-state index contributed by atoms with van der Waals surface area (Å²) in [7, 11) is 4.82. The molecule has 11 nitrogen and oxygen atoms in total. The third-order valence-corrected chi connectivity index (χ3v) is 5.77. The van der Waals surface area contributed by atoms with Crippen molar-refractivity contribution in [3.8, 4) is 23.8 Å². The third-order valence-electron chi connectivity index (χ3n) is 4.93. The Morgan fingerprint density at radius 1 is 1.10 bits per heavy atom. The number of methoxy groups -OCH3 is 2. The van der Waals surface area contributed by atoms with Gasteiger partial charge in [-0.1, -0.05) is 25.1 Å². The average Bonchev–Trinajstić information content (AvgIpc) is 3.62. The molecule has 2 aromatic carbocycles. The highest BCUT2D eigenvalue weighted by molar-refractivity contribution is 8.00. The number of rotatable bonds is 11. The summed E-state index contributed by atoms with van der Waals surface area (Å²) in [5.41, 5.74) is 3.60. The number of fused-ring (bicyclic) bond motifs is 1. The normalized spacial score (nSPS) is 9.32. The van der Waals surface area contributed by atoms with Gasteiger partial charge in [0, 0.05) is 25.4 Å². The highest BCUT2D eigenvalue weighted by atomic mass is 32.2. The summed E-state index contributed by atoms with van der Waals surface area (Å²) >= 11 is 1.40. The lowest BCUT2D eigenvalue weighted by atomic mass is 10.1. The Kier molecular flexibility index (Phi) is 16.3. The largest absolute Gasteiger partial charge is 0.496 e. The smallest absolute Gasteiger partial charge is 0.207 e. The van der Waals surface area contributed by atoms with Gasteiger partial charge in [0.2, 0.25) is 12.8 Å². The second-order valence-electron chi connectivity index (χ2n) is 7.80. The predicted molar refractivity (Wildman–Crippen MR) is 163 cm³/mol. The molecule has 0 spiro atoms. The highest BCUT2D eigenvalue weighted by Crippen LogP contribution is 2.37. The molecule has 0 radical (unpaired) electrons. The zero-order valence-corrected chi connectivity index (χ0v) is 25.3. The molecule has 0 aliphatic carbocycles. The van der Waals surface area contributed by atoms with Gasteiger partial charge in [0.1, 0.15) is 16.9 Å². The molecule has 4 aromatic rings. The zero-order valence-electron chi connectivity index (χ0n) is 24.5. The van der Waals surface area contributed by atoms with Crippen LogP contribution in [-0.2, 0) is 22.7 Å². The molecule has 220 valence electrons. The number of terminal acetylenes is 1. The van der Waals surface area contributed by atoms with Gasteiger partial charge in [0.15, 0.2) is 11.4 Å². The molecule has 0 aliphatic heterocycles. The second-order valence-corrected chi connectivity index (χ2v) is 8.65. The van der Waals surface area contributed by atoms with Crippen LogP contribution in [0.5, 0.6) is 11.5 Å². The Balaban J connectivity index is 0.000000830. The monoisotopic (exact) mass is 582 g/mol. The standard InChI is InChI=1S/C22H23N5O4S.C3H4.C2H5NO.C2H6/c1-14-4-5-17(29-2)20(6-14)32-26-22-21-18(30-3)7-15(8-19(21)31-25-22)11-27-12-16(10-24-27)9-23-13-28;1-3-2;1-3-2-4;1-2/h4-8,10,12-13H,9,11H2,1-3H3,(H,23,28)(H,25,26);1H,2H3;2H,1H3,(H,3,4);1-2H3. The van der Waals surface area contributed by atoms with Crippen molar-refractivity contribution < 1.29 is 23.6 Å². The number of benzene rings is 2.